The summed E-state index contributed by atoms with van der Waals surface area (Å²) in [5, 5.41) is 15.1. The zero-order valence-corrected chi connectivity index (χ0v) is 17.7. The standard InChI is InChI=1S/C21H16ClNO4S2/c1-27-15-7-6-12(10-14(15)22)19(24)17-18(16-5-3-9-29-16)23(21(26)20(17)25)11-13-4-2-8-28-13/h2-10,18,24H,11H2,1H3/b19-17-. The Bertz CT molecular complexity index is 1090. The minimum atomic E-state index is -0.704. The predicted octanol–water partition coefficient (Wildman–Crippen LogP) is 5.09. The number of carbonyl (C=O) groups is 2. The highest BCUT2D eigenvalue weighted by Gasteiger charge is 2.46. The first-order valence-electron chi connectivity index (χ1n) is 8.69. The molecule has 0 bridgehead atoms. The third-order valence-corrected chi connectivity index (χ3v) is 6.77. The first-order chi connectivity index (χ1) is 14.0. The van der Waals surface area contributed by atoms with Gasteiger partial charge in [0, 0.05) is 15.3 Å². The molecule has 1 amide bonds. The van der Waals surface area contributed by atoms with Crippen LogP contribution in [0.5, 0.6) is 5.75 Å². The summed E-state index contributed by atoms with van der Waals surface area (Å²) in [4.78, 5) is 29.0. The minimum absolute atomic E-state index is 0.0650. The van der Waals surface area contributed by atoms with Gasteiger partial charge in [0.2, 0.25) is 0 Å². The van der Waals surface area contributed by atoms with E-state index in [2.05, 4.69) is 0 Å². The van der Waals surface area contributed by atoms with Gasteiger partial charge >= 0.3 is 0 Å². The molecule has 1 aromatic carbocycles. The Balaban J connectivity index is 1.83. The number of likely N-dealkylation sites (tertiary alicyclic amines) is 1. The number of rotatable bonds is 5. The molecule has 1 saturated heterocycles. The predicted molar refractivity (Wildman–Crippen MR) is 114 cm³/mol. The molecule has 0 radical (unpaired) electrons. The molecular formula is C21H16ClNO4S2. The average molecular weight is 446 g/mol. The molecule has 148 valence electrons. The first kappa shape index (κ1) is 19.7. The van der Waals surface area contributed by atoms with E-state index < -0.39 is 17.7 Å². The van der Waals surface area contributed by atoms with Crippen molar-refractivity contribution < 1.29 is 19.4 Å². The Kier molecular flexibility index (Phi) is 5.45. The van der Waals surface area contributed by atoms with Crippen LogP contribution in [0.4, 0.5) is 0 Å². The summed E-state index contributed by atoms with van der Waals surface area (Å²) >= 11 is 9.13. The number of ether oxygens (including phenoxy) is 1. The summed E-state index contributed by atoms with van der Waals surface area (Å²) < 4.78 is 5.14. The topological polar surface area (TPSA) is 66.8 Å². The quantitative estimate of drug-likeness (QED) is 0.337. The van der Waals surface area contributed by atoms with Gasteiger partial charge in [-0.2, -0.15) is 0 Å². The molecular weight excluding hydrogens is 430 g/mol. The molecule has 8 heteroatoms. The SMILES string of the molecule is COc1ccc(/C(O)=C2/C(=O)C(=O)N(Cc3cccs3)C2c2cccs2)cc1Cl. The number of thiophene rings is 2. The van der Waals surface area contributed by atoms with E-state index >= 15 is 0 Å². The molecule has 4 rings (SSSR count). The number of ketones is 1. The van der Waals surface area contributed by atoms with Crippen LogP contribution in [0.1, 0.15) is 21.4 Å². The summed E-state index contributed by atoms with van der Waals surface area (Å²) in [5.41, 5.74) is 0.418. The zero-order valence-electron chi connectivity index (χ0n) is 15.3. The lowest BCUT2D eigenvalue weighted by atomic mass is 10.00. The van der Waals surface area contributed by atoms with E-state index in [4.69, 9.17) is 16.3 Å². The summed E-state index contributed by atoms with van der Waals surface area (Å²) in [6, 6.07) is 11.6. The molecule has 0 spiro atoms. The van der Waals surface area contributed by atoms with Gasteiger partial charge in [-0.25, -0.2) is 0 Å². The summed E-state index contributed by atoms with van der Waals surface area (Å²) in [5.74, 6) is -1.13. The zero-order chi connectivity index (χ0) is 20.5. The molecule has 1 aliphatic heterocycles. The second-order valence-electron chi connectivity index (χ2n) is 6.37. The number of hydrogen-bond donors (Lipinski definition) is 1. The molecule has 1 atom stereocenters. The van der Waals surface area contributed by atoms with Gasteiger partial charge in [0.25, 0.3) is 11.7 Å². The largest absolute Gasteiger partial charge is 0.507 e. The Hall–Kier alpha value is -2.61. The molecule has 0 saturated carbocycles. The number of nitrogens with zero attached hydrogens (tertiary/aromatic N) is 1. The number of aliphatic hydroxyl groups excluding tert-OH is 1. The number of hydrogen-bond acceptors (Lipinski definition) is 6. The number of amides is 1. The smallest absolute Gasteiger partial charge is 0.296 e. The van der Waals surface area contributed by atoms with Crippen molar-refractivity contribution in [2.75, 3.05) is 7.11 Å². The van der Waals surface area contributed by atoms with Crippen LogP contribution in [0.25, 0.3) is 5.76 Å². The van der Waals surface area contributed by atoms with Gasteiger partial charge in [-0.15, -0.1) is 22.7 Å². The molecule has 3 aromatic rings. The Morgan fingerprint density at radius 2 is 1.93 bits per heavy atom. The molecule has 29 heavy (non-hydrogen) atoms. The van der Waals surface area contributed by atoms with Gasteiger partial charge in [0.1, 0.15) is 17.6 Å². The van der Waals surface area contributed by atoms with Crippen LogP contribution in [-0.2, 0) is 16.1 Å². The van der Waals surface area contributed by atoms with Crippen molar-refractivity contribution in [2.24, 2.45) is 0 Å². The number of methoxy groups -OCH3 is 1. The Labute approximate surface area is 180 Å². The first-order valence-corrected chi connectivity index (χ1v) is 10.8. The van der Waals surface area contributed by atoms with Crippen LogP contribution in [0.15, 0.2) is 58.8 Å². The van der Waals surface area contributed by atoms with Crippen molar-refractivity contribution in [3.63, 3.8) is 0 Å². The van der Waals surface area contributed by atoms with E-state index in [1.807, 2.05) is 35.0 Å². The fourth-order valence-corrected chi connectivity index (χ4v) is 5.13. The van der Waals surface area contributed by atoms with E-state index in [9.17, 15) is 14.7 Å². The van der Waals surface area contributed by atoms with E-state index in [1.54, 1.807) is 12.1 Å². The van der Waals surface area contributed by atoms with Crippen LogP contribution in [-0.4, -0.2) is 28.8 Å². The van der Waals surface area contributed by atoms with Crippen molar-refractivity contribution in [3.8, 4) is 5.75 Å². The maximum Gasteiger partial charge on any atom is 0.296 e. The maximum atomic E-state index is 12.9. The third-order valence-electron chi connectivity index (χ3n) is 4.68. The van der Waals surface area contributed by atoms with Gasteiger partial charge in [0.05, 0.1) is 24.3 Å². The summed E-state index contributed by atoms with van der Waals surface area (Å²) in [6.07, 6.45) is 0. The molecule has 1 aliphatic rings. The molecule has 1 N–H and O–H groups in total. The van der Waals surface area contributed by atoms with Crippen LogP contribution in [0.3, 0.4) is 0 Å². The van der Waals surface area contributed by atoms with Crippen LogP contribution >= 0.6 is 34.3 Å². The van der Waals surface area contributed by atoms with E-state index in [-0.39, 0.29) is 11.3 Å². The highest BCUT2D eigenvalue weighted by Crippen LogP contribution is 2.42. The maximum absolute atomic E-state index is 12.9. The molecule has 0 aliphatic carbocycles. The van der Waals surface area contributed by atoms with Crippen LogP contribution in [0.2, 0.25) is 5.02 Å². The minimum Gasteiger partial charge on any atom is -0.507 e. The van der Waals surface area contributed by atoms with Crippen molar-refractivity contribution in [1.29, 1.82) is 0 Å². The average Bonchev–Trinajstić information content (AvgIpc) is 3.46. The van der Waals surface area contributed by atoms with Crippen LogP contribution in [0, 0.1) is 0 Å². The van der Waals surface area contributed by atoms with E-state index in [0.29, 0.717) is 22.9 Å². The van der Waals surface area contributed by atoms with Gasteiger partial charge in [0.15, 0.2) is 0 Å². The van der Waals surface area contributed by atoms with Crippen LogP contribution < -0.4 is 4.74 Å². The number of Topliss-reactive ketones (excluding diaryl/α,β-unsaturated/α-hetero) is 1. The molecule has 1 unspecified atom stereocenters. The van der Waals surface area contributed by atoms with Crippen molar-refractivity contribution in [1.82, 2.24) is 4.90 Å². The number of aliphatic hydroxyl groups is 1. The lowest BCUT2D eigenvalue weighted by Gasteiger charge is -2.23. The highest BCUT2D eigenvalue weighted by atomic mass is 35.5. The summed E-state index contributed by atoms with van der Waals surface area (Å²) in [7, 11) is 1.49. The van der Waals surface area contributed by atoms with Gasteiger partial charge < -0.3 is 14.7 Å². The summed E-state index contributed by atoms with van der Waals surface area (Å²) in [6.45, 7) is 0.297. The number of benzene rings is 1. The normalized spacial score (nSPS) is 18.4. The van der Waals surface area contributed by atoms with E-state index in [0.717, 1.165) is 9.75 Å². The lowest BCUT2D eigenvalue weighted by molar-refractivity contribution is -0.140. The molecule has 5 nitrogen and oxygen atoms in total. The fourth-order valence-electron chi connectivity index (χ4n) is 3.33. The molecule has 1 fully saturated rings. The van der Waals surface area contributed by atoms with Gasteiger partial charge in [-0.1, -0.05) is 23.7 Å². The van der Waals surface area contributed by atoms with Gasteiger partial charge in [-0.05, 0) is 41.1 Å². The Morgan fingerprint density at radius 3 is 2.55 bits per heavy atom. The number of halogens is 1. The molecule has 3 heterocycles. The fraction of sp³-hybridized carbons (Fsp3) is 0.143. The monoisotopic (exact) mass is 445 g/mol. The third kappa shape index (κ3) is 3.57. The lowest BCUT2D eigenvalue weighted by Crippen LogP contribution is -2.28. The number of carbonyl (C=O) groups excluding carboxylic acids is 2. The highest BCUT2D eigenvalue weighted by molar-refractivity contribution is 7.10. The van der Waals surface area contributed by atoms with E-state index in [1.165, 1.54) is 40.7 Å². The second kappa shape index (κ2) is 8.02. The Morgan fingerprint density at radius 1 is 1.17 bits per heavy atom. The van der Waals surface area contributed by atoms with Crippen molar-refractivity contribution >= 4 is 51.7 Å². The van der Waals surface area contributed by atoms with Crippen molar-refractivity contribution in [2.45, 2.75) is 12.6 Å². The van der Waals surface area contributed by atoms with Gasteiger partial charge in [-0.3, -0.25) is 9.59 Å². The van der Waals surface area contributed by atoms with Crippen molar-refractivity contribution in [3.05, 3.63) is 79.1 Å². The second-order valence-corrected chi connectivity index (χ2v) is 8.79. The molecule has 2 aromatic heterocycles.